The first kappa shape index (κ1) is 85.7. The van der Waals surface area contributed by atoms with E-state index in [1.807, 2.05) is 18.2 Å². The number of nitrogens with one attached hydrogen (secondary N) is 7. The second kappa shape index (κ2) is 45.0. The highest BCUT2D eigenvalue weighted by atomic mass is 16.6. The first-order valence-electron chi connectivity index (χ1n) is 31.8. The number of benzene rings is 1. The van der Waals surface area contributed by atoms with Gasteiger partial charge in [-0.15, -0.1) is 0 Å². The summed E-state index contributed by atoms with van der Waals surface area (Å²) in [7, 11) is 0. The van der Waals surface area contributed by atoms with Crippen molar-refractivity contribution in [1.82, 2.24) is 37.2 Å². The zero-order chi connectivity index (χ0) is 70.0. The number of carbonyl (C=O) groups excluding carboxylic acids is 15. The molecule has 0 heterocycles. The van der Waals surface area contributed by atoms with Crippen molar-refractivity contribution >= 4 is 71.7 Å². The Hall–Kier alpha value is -7.41. The van der Waals surface area contributed by atoms with Gasteiger partial charge in [-0.2, -0.15) is 28.8 Å². The molecule has 0 spiro atoms. The fraction of sp³-hybridized carbons (Fsp3) is 0.731. The van der Waals surface area contributed by atoms with E-state index in [4.69, 9.17) is 38.2 Å². The number of aryl methyl sites for hydroxylation is 2. The molecular weight excluding hydrogens is 1170 g/mol. The molecule has 1 aliphatic rings. The van der Waals surface area contributed by atoms with Gasteiger partial charge < -0.3 is 46.7 Å². The van der Waals surface area contributed by atoms with Crippen LogP contribution in [0.4, 0.5) is 9.59 Å². The number of hydrogen-bond acceptors (Lipinski definition) is 17. The van der Waals surface area contributed by atoms with E-state index in [1.54, 1.807) is 41.5 Å². The number of rotatable bonds is 34. The number of ether oxygens (including phenoxy) is 2. The summed E-state index contributed by atoms with van der Waals surface area (Å²) in [6.07, 6.45) is 12.8. The van der Waals surface area contributed by atoms with Gasteiger partial charge in [-0.25, -0.2) is 14.4 Å². The zero-order valence-electron chi connectivity index (χ0n) is 57.2. The molecule has 0 radical (unpaired) electrons. The van der Waals surface area contributed by atoms with Gasteiger partial charge in [-0.1, -0.05) is 93.7 Å². The normalized spacial score (nSPS) is 13.2. The lowest BCUT2D eigenvalue weighted by Crippen LogP contribution is -2.53. The summed E-state index contributed by atoms with van der Waals surface area (Å²) in [5, 5.41) is 20.5. The van der Waals surface area contributed by atoms with Gasteiger partial charge in [0.2, 0.25) is 23.6 Å². The van der Waals surface area contributed by atoms with E-state index in [2.05, 4.69) is 99.5 Å². The minimum atomic E-state index is -1.28. The third-order valence-corrected chi connectivity index (χ3v) is 14.4. The molecule has 0 fully saturated rings. The van der Waals surface area contributed by atoms with Crippen molar-refractivity contribution in [2.75, 3.05) is 19.6 Å². The number of Topliss-reactive ketones (excluding diaryl/α,β-unsaturated/α-hetero) is 2. The van der Waals surface area contributed by atoms with E-state index < -0.39 is 47.0 Å². The molecule has 0 aliphatic heterocycles. The van der Waals surface area contributed by atoms with Gasteiger partial charge in [-0.3, -0.25) is 28.8 Å². The van der Waals surface area contributed by atoms with Crippen molar-refractivity contribution in [2.24, 2.45) is 16.2 Å². The molecule has 1 aromatic carbocycles. The Morgan fingerprint density at radius 3 is 1.44 bits per heavy atom. The van der Waals surface area contributed by atoms with Crippen LogP contribution < -0.4 is 37.2 Å². The van der Waals surface area contributed by atoms with E-state index in [1.165, 1.54) is 11.1 Å². The standard InChI is InChI=1S/C64H109N7O11.3CO2/c1-60(2,3)39-38-51(62(7,8)9)71-58(79)70-50(61(4,5)6)35-37-53(74)65-40-24-18-16-17-19-31-54(75)68-48(30-23-26-42-67-59(80)82-64(13,14)15)56(77)69-47(55(76)57(78)81-63(10,11)12)29-22-25-41-66-52(73)36-34-49(72)46-33-32-44-27-20-21-28-45(44)43-46;3*2-1-3/h32-33,43,47-48,50-51H,16-31,34-42H2,1-15H3,(H,65,74)(H,66,73)(H,67,80)(H,68,75)(H,69,77)(H2,70,71,79);;;/t47-,48-,50-,51-;;;/m0.../s1. The van der Waals surface area contributed by atoms with Gasteiger partial charge in [0.1, 0.15) is 17.2 Å². The molecule has 0 unspecified atom stereocenters. The van der Waals surface area contributed by atoms with Crippen molar-refractivity contribution in [3.8, 4) is 0 Å². The molecule has 514 valence electrons. The smallest absolute Gasteiger partial charge is 0.407 e. The number of carbonyl (C=O) groups is 9. The van der Waals surface area contributed by atoms with Crippen molar-refractivity contribution in [3.63, 3.8) is 0 Å². The summed E-state index contributed by atoms with van der Waals surface area (Å²) in [6, 6.07) is 3.02. The minimum Gasteiger partial charge on any atom is -0.454 e. The Bertz CT molecular complexity index is 2500. The molecular formula is C67H109N7O17. The molecule has 0 saturated carbocycles. The second-order valence-corrected chi connectivity index (χ2v) is 28.1. The van der Waals surface area contributed by atoms with Crippen LogP contribution in [0.25, 0.3) is 0 Å². The summed E-state index contributed by atoms with van der Waals surface area (Å²) < 4.78 is 10.7. The quantitative estimate of drug-likeness (QED) is 0.0147. The summed E-state index contributed by atoms with van der Waals surface area (Å²) >= 11 is 0. The average Bonchev–Trinajstić information content (AvgIpc) is 2.13. The largest absolute Gasteiger partial charge is 0.454 e. The van der Waals surface area contributed by atoms with Crippen LogP contribution >= 0.6 is 0 Å². The monoisotopic (exact) mass is 1280 g/mol. The lowest BCUT2D eigenvalue weighted by atomic mass is 9.79. The maximum Gasteiger partial charge on any atom is 0.407 e. The average molecular weight is 1280 g/mol. The summed E-state index contributed by atoms with van der Waals surface area (Å²) in [6.45, 7) is 30.4. The Labute approximate surface area is 539 Å². The van der Waals surface area contributed by atoms with E-state index in [-0.39, 0.29) is 128 Å². The maximum atomic E-state index is 14.0. The molecule has 7 N–H and O–H groups in total. The summed E-state index contributed by atoms with van der Waals surface area (Å²) in [5.41, 5.74) is 1.21. The fourth-order valence-electron chi connectivity index (χ4n) is 9.50. The van der Waals surface area contributed by atoms with Crippen LogP contribution in [0.3, 0.4) is 0 Å². The van der Waals surface area contributed by atoms with E-state index in [0.29, 0.717) is 50.6 Å². The number of hydrogen-bond donors (Lipinski definition) is 7. The number of ketones is 2. The Balaban J connectivity index is 0. The Morgan fingerprint density at radius 2 is 0.923 bits per heavy atom. The minimum absolute atomic E-state index is 0.00451. The third kappa shape index (κ3) is 44.7. The third-order valence-electron chi connectivity index (χ3n) is 14.4. The molecule has 1 aliphatic carbocycles. The van der Waals surface area contributed by atoms with E-state index >= 15 is 0 Å². The maximum absolute atomic E-state index is 14.0. The SMILES string of the molecule is CC(C)(C)CC[C@H](NC(=O)N[C@@H](CCC(=O)NCCCCCCCC(=O)N[C@@H](CCCCNC(=O)OC(C)(C)C)C(=O)N[C@@H](CCCCNC(=O)CCC(=O)c1ccc2c(c1)CCCC2)C(=O)C(=O)OC(C)(C)C)C(C)(C)C)C(C)(C)C.O=C=O.O=C=O.O=C=O. The van der Waals surface area contributed by atoms with Gasteiger partial charge in [-0.05, 0) is 171 Å². The van der Waals surface area contributed by atoms with Crippen LogP contribution in [-0.4, -0.2) is 127 Å². The van der Waals surface area contributed by atoms with Gasteiger partial charge >= 0.3 is 36.5 Å². The number of alkyl carbamates (subject to hydrolysis) is 1. The number of amides is 7. The number of unbranched alkanes of at least 4 members (excludes halogenated alkanes) is 6. The molecule has 91 heavy (non-hydrogen) atoms. The van der Waals surface area contributed by atoms with E-state index in [0.717, 1.165) is 64.2 Å². The summed E-state index contributed by atoms with van der Waals surface area (Å²) in [5.74, 6) is -3.51. The van der Waals surface area contributed by atoms with Crippen LogP contribution in [0, 0.1) is 16.2 Å². The summed E-state index contributed by atoms with van der Waals surface area (Å²) in [4.78, 5) is 167. The fourth-order valence-corrected chi connectivity index (χ4v) is 9.50. The highest BCUT2D eigenvalue weighted by Gasteiger charge is 2.34. The highest BCUT2D eigenvalue weighted by Crippen LogP contribution is 2.30. The lowest BCUT2D eigenvalue weighted by molar-refractivity contribution is -0.193. The molecule has 4 atom stereocenters. The number of esters is 1. The van der Waals surface area contributed by atoms with E-state index in [9.17, 15) is 43.2 Å². The predicted octanol–water partition coefficient (Wildman–Crippen LogP) is 8.83. The number of urea groups is 1. The molecule has 1 aromatic rings. The van der Waals surface area contributed by atoms with Gasteiger partial charge in [0.05, 0.1) is 6.04 Å². The number of fused-ring (bicyclic) bond motifs is 1. The molecule has 0 saturated heterocycles. The van der Waals surface area contributed by atoms with Crippen molar-refractivity contribution < 1.29 is 81.4 Å². The molecule has 24 nitrogen and oxygen atoms in total. The van der Waals surface area contributed by atoms with Crippen molar-refractivity contribution in [2.45, 2.75) is 280 Å². The first-order valence-corrected chi connectivity index (χ1v) is 31.8. The molecule has 24 heteroatoms. The van der Waals surface area contributed by atoms with Crippen LogP contribution in [0.15, 0.2) is 18.2 Å². The van der Waals surface area contributed by atoms with Crippen molar-refractivity contribution in [3.05, 3.63) is 34.9 Å². The van der Waals surface area contributed by atoms with Crippen LogP contribution in [0.1, 0.15) is 254 Å². The van der Waals surface area contributed by atoms with Crippen LogP contribution in [-0.2, 0) is 79.8 Å². The van der Waals surface area contributed by atoms with Gasteiger partial charge in [0, 0.05) is 63.0 Å². The Kier molecular flexibility index (Phi) is 42.3. The van der Waals surface area contributed by atoms with Gasteiger partial charge in [0.25, 0.3) is 5.78 Å². The highest BCUT2D eigenvalue weighted by molar-refractivity contribution is 6.36. The predicted molar refractivity (Wildman–Crippen MR) is 338 cm³/mol. The molecule has 0 aromatic heterocycles. The molecule has 2 rings (SSSR count). The Morgan fingerprint density at radius 1 is 0.462 bits per heavy atom. The van der Waals surface area contributed by atoms with Crippen molar-refractivity contribution in [1.29, 1.82) is 0 Å². The van der Waals surface area contributed by atoms with Crippen LogP contribution in [0.2, 0.25) is 0 Å². The molecule has 7 amide bonds. The van der Waals surface area contributed by atoms with Crippen LogP contribution in [0.5, 0.6) is 0 Å². The second-order valence-electron chi connectivity index (χ2n) is 28.1. The topological polar surface area (TPSA) is 359 Å². The zero-order valence-corrected chi connectivity index (χ0v) is 57.2. The first-order chi connectivity index (χ1) is 42.3. The lowest BCUT2D eigenvalue weighted by Gasteiger charge is -2.36. The van der Waals surface area contributed by atoms with Gasteiger partial charge in [0.15, 0.2) is 5.78 Å². The molecule has 0 bridgehead atoms.